The average molecular weight is 407 g/mol. The fourth-order valence-corrected chi connectivity index (χ4v) is 3.02. The van der Waals surface area contributed by atoms with Crippen LogP contribution in [0.15, 0.2) is 55.0 Å². The van der Waals surface area contributed by atoms with E-state index in [0.29, 0.717) is 17.1 Å². The first kappa shape index (κ1) is 19.1. The molecular formula is C19H16F3N3O4. The van der Waals surface area contributed by atoms with Crippen molar-refractivity contribution in [1.82, 2.24) is 9.38 Å². The second-order valence-corrected chi connectivity index (χ2v) is 6.32. The number of alkyl halides is 3. The van der Waals surface area contributed by atoms with Gasteiger partial charge in [0.25, 0.3) is 5.91 Å². The zero-order chi connectivity index (χ0) is 20.4. The number of hydrogen-bond donors (Lipinski definition) is 0. The molecule has 2 aromatic heterocycles. The van der Waals surface area contributed by atoms with Gasteiger partial charge in [0.2, 0.25) is 0 Å². The van der Waals surface area contributed by atoms with Crippen molar-refractivity contribution in [3.8, 4) is 11.5 Å². The first-order valence-corrected chi connectivity index (χ1v) is 8.71. The third-order valence-corrected chi connectivity index (χ3v) is 4.32. The molecule has 3 heterocycles. The molecule has 3 aromatic rings. The maximum atomic E-state index is 12.3. The van der Waals surface area contributed by atoms with Crippen molar-refractivity contribution in [2.75, 3.05) is 24.7 Å². The Hall–Kier alpha value is -3.27. The van der Waals surface area contributed by atoms with Gasteiger partial charge in [-0.2, -0.15) is 0 Å². The number of amides is 1. The summed E-state index contributed by atoms with van der Waals surface area (Å²) < 4.78 is 53.9. The van der Waals surface area contributed by atoms with Gasteiger partial charge in [0.15, 0.2) is 11.4 Å². The average Bonchev–Trinajstić information content (AvgIpc) is 3.16. The van der Waals surface area contributed by atoms with Crippen LogP contribution in [0, 0.1) is 0 Å². The SMILES string of the molecule is O=C1COC(COc2cccn3ccnc23)CN1c1ccc(OC(F)(F)F)cc1. The fraction of sp³-hybridized carbons (Fsp3) is 0.263. The molecule has 0 bridgehead atoms. The molecule has 10 heteroatoms. The van der Waals surface area contributed by atoms with E-state index in [1.807, 2.05) is 16.7 Å². The van der Waals surface area contributed by atoms with Crippen LogP contribution in [0.5, 0.6) is 11.5 Å². The number of carbonyl (C=O) groups is 1. The molecule has 0 N–H and O–H groups in total. The highest BCUT2D eigenvalue weighted by molar-refractivity contribution is 5.95. The summed E-state index contributed by atoms with van der Waals surface area (Å²) in [6.07, 6.45) is 0.126. The summed E-state index contributed by atoms with van der Waals surface area (Å²) >= 11 is 0. The maximum absolute atomic E-state index is 12.3. The van der Waals surface area contributed by atoms with Gasteiger partial charge in [-0.15, -0.1) is 13.2 Å². The number of hydrogen-bond acceptors (Lipinski definition) is 5. The Bertz CT molecular complexity index is 1000. The normalized spacial score (nSPS) is 17.6. The Labute approximate surface area is 163 Å². The summed E-state index contributed by atoms with van der Waals surface area (Å²) in [5, 5.41) is 0. The van der Waals surface area contributed by atoms with Crippen molar-refractivity contribution in [2.24, 2.45) is 0 Å². The third kappa shape index (κ3) is 4.43. The van der Waals surface area contributed by atoms with Crippen LogP contribution >= 0.6 is 0 Å². The molecule has 0 radical (unpaired) electrons. The number of carbonyl (C=O) groups excluding carboxylic acids is 1. The minimum absolute atomic E-state index is 0.150. The van der Waals surface area contributed by atoms with Gasteiger partial charge in [0.1, 0.15) is 25.1 Å². The van der Waals surface area contributed by atoms with Gasteiger partial charge >= 0.3 is 6.36 Å². The molecule has 1 aliphatic heterocycles. The minimum atomic E-state index is -4.77. The van der Waals surface area contributed by atoms with Crippen LogP contribution in [0.3, 0.4) is 0 Å². The molecule has 152 valence electrons. The van der Waals surface area contributed by atoms with Gasteiger partial charge in [-0.3, -0.25) is 4.79 Å². The molecule has 7 nitrogen and oxygen atoms in total. The van der Waals surface area contributed by atoms with E-state index in [-0.39, 0.29) is 31.4 Å². The minimum Gasteiger partial charge on any atom is -0.487 e. The number of rotatable bonds is 5. The number of benzene rings is 1. The number of aromatic nitrogens is 2. The number of halogens is 3. The van der Waals surface area contributed by atoms with Gasteiger partial charge in [0, 0.05) is 24.3 Å². The molecule has 1 unspecified atom stereocenters. The van der Waals surface area contributed by atoms with E-state index < -0.39 is 12.5 Å². The molecule has 1 atom stereocenters. The fourth-order valence-electron chi connectivity index (χ4n) is 3.02. The van der Waals surface area contributed by atoms with Crippen LogP contribution in [0.2, 0.25) is 0 Å². The standard InChI is InChI=1S/C19H16F3N3O4/c20-19(21,22)29-14-5-3-13(4-6-14)25-10-15(27-12-17(25)26)11-28-16-2-1-8-24-9-7-23-18(16)24/h1-9,15H,10-12H2. The molecule has 0 aliphatic carbocycles. The zero-order valence-corrected chi connectivity index (χ0v) is 15.0. The lowest BCUT2D eigenvalue weighted by Crippen LogP contribution is -2.48. The van der Waals surface area contributed by atoms with Crippen molar-refractivity contribution >= 4 is 17.2 Å². The maximum Gasteiger partial charge on any atom is 0.573 e. The summed E-state index contributed by atoms with van der Waals surface area (Å²) in [4.78, 5) is 17.9. The van der Waals surface area contributed by atoms with Crippen molar-refractivity contribution in [3.05, 3.63) is 55.0 Å². The molecule has 29 heavy (non-hydrogen) atoms. The van der Waals surface area contributed by atoms with Gasteiger partial charge in [-0.25, -0.2) is 4.98 Å². The Kier molecular flexibility index (Phi) is 5.01. The Morgan fingerprint density at radius 1 is 1.17 bits per heavy atom. The predicted molar refractivity (Wildman–Crippen MR) is 95.9 cm³/mol. The Balaban J connectivity index is 1.41. The molecule has 0 saturated carbocycles. The summed E-state index contributed by atoms with van der Waals surface area (Å²) in [5.74, 6) is -0.0612. The summed E-state index contributed by atoms with van der Waals surface area (Å²) in [5.41, 5.74) is 1.12. The first-order chi connectivity index (χ1) is 13.9. The largest absolute Gasteiger partial charge is 0.573 e. The second kappa shape index (κ2) is 7.63. The van der Waals surface area contributed by atoms with E-state index in [9.17, 15) is 18.0 Å². The van der Waals surface area contributed by atoms with Crippen LogP contribution < -0.4 is 14.4 Å². The van der Waals surface area contributed by atoms with Gasteiger partial charge in [-0.05, 0) is 36.4 Å². The lowest BCUT2D eigenvalue weighted by molar-refractivity contribution is -0.274. The Morgan fingerprint density at radius 3 is 2.72 bits per heavy atom. The van der Waals surface area contributed by atoms with E-state index in [4.69, 9.17) is 9.47 Å². The molecule has 1 saturated heterocycles. The highest BCUT2D eigenvalue weighted by Crippen LogP contribution is 2.27. The van der Waals surface area contributed by atoms with E-state index in [1.165, 1.54) is 17.0 Å². The van der Waals surface area contributed by atoms with Gasteiger partial charge < -0.3 is 23.5 Å². The molecule has 0 spiro atoms. The highest BCUT2D eigenvalue weighted by Gasteiger charge is 2.32. The topological polar surface area (TPSA) is 65.3 Å². The highest BCUT2D eigenvalue weighted by atomic mass is 19.4. The first-order valence-electron chi connectivity index (χ1n) is 8.71. The van der Waals surface area contributed by atoms with Crippen molar-refractivity contribution < 1.29 is 32.2 Å². The number of nitrogens with zero attached hydrogens (tertiary/aromatic N) is 3. The van der Waals surface area contributed by atoms with Gasteiger partial charge in [-0.1, -0.05) is 0 Å². The molecule has 1 aliphatic rings. The van der Waals surface area contributed by atoms with E-state index in [0.717, 1.165) is 12.1 Å². The molecule has 1 fully saturated rings. The number of ether oxygens (including phenoxy) is 3. The van der Waals surface area contributed by atoms with Crippen LogP contribution in [-0.4, -0.2) is 47.5 Å². The summed E-state index contributed by atoms with van der Waals surface area (Å²) in [6, 6.07) is 8.73. The van der Waals surface area contributed by atoms with E-state index >= 15 is 0 Å². The lowest BCUT2D eigenvalue weighted by Gasteiger charge is -2.32. The smallest absolute Gasteiger partial charge is 0.487 e. The zero-order valence-electron chi connectivity index (χ0n) is 15.0. The van der Waals surface area contributed by atoms with Crippen molar-refractivity contribution in [2.45, 2.75) is 12.5 Å². The molecule has 1 amide bonds. The molecule has 4 rings (SSSR count). The van der Waals surface area contributed by atoms with Crippen LogP contribution in [0.25, 0.3) is 5.65 Å². The number of morpholine rings is 1. The van der Waals surface area contributed by atoms with Gasteiger partial charge in [0.05, 0.1) is 6.54 Å². The van der Waals surface area contributed by atoms with Crippen molar-refractivity contribution in [3.63, 3.8) is 0 Å². The van der Waals surface area contributed by atoms with E-state index in [1.54, 1.807) is 18.5 Å². The monoisotopic (exact) mass is 407 g/mol. The Morgan fingerprint density at radius 2 is 1.97 bits per heavy atom. The third-order valence-electron chi connectivity index (χ3n) is 4.32. The molecule has 1 aromatic carbocycles. The van der Waals surface area contributed by atoms with Crippen molar-refractivity contribution in [1.29, 1.82) is 0 Å². The summed E-state index contributed by atoms with van der Waals surface area (Å²) in [7, 11) is 0. The number of imidazole rings is 1. The summed E-state index contributed by atoms with van der Waals surface area (Å²) in [6.45, 7) is 0.240. The quantitative estimate of drug-likeness (QED) is 0.651. The molecular weight excluding hydrogens is 391 g/mol. The van der Waals surface area contributed by atoms with Crippen LogP contribution in [0.1, 0.15) is 0 Å². The number of anilines is 1. The lowest BCUT2D eigenvalue weighted by atomic mass is 10.2. The van der Waals surface area contributed by atoms with Crippen LogP contribution in [-0.2, 0) is 9.53 Å². The van der Waals surface area contributed by atoms with E-state index in [2.05, 4.69) is 9.72 Å². The predicted octanol–water partition coefficient (Wildman–Crippen LogP) is 3.04. The van der Waals surface area contributed by atoms with Crippen LogP contribution in [0.4, 0.5) is 18.9 Å². The number of fused-ring (bicyclic) bond motifs is 1. The second-order valence-electron chi connectivity index (χ2n) is 6.32. The number of pyridine rings is 1.